The SMILES string of the molecule is O=C1C(Cc2cccc3ccccc23)NC(Cc2cccc3ccccc23)N1O. The molecule has 2 unspecified atom stereocenters. The number of hydrogen-bond donors (Lipinski definition) is 2. The summed E-state index contributed by atoms with van der Waals surface area (Å²) in [4.78, 5) is 12.7. The molecule has 4 heteroatoms. The summed E-state index contributed by atoms with van der Waals surface area (Å²) in [6, 6.07) is 28.2. The number of fused-ring (bicyclic) bond motifs is 2. The maximum Gasteiger partial charge on any atom is 0.264 e. The third-order valence-electron chi connectivity index (χ3n) is 5.81. The minimum atomic E-state index is -0.439. The van der Waals surface area contributed by atoms with Gasteiger partial charge in [-0.15, -0.1) is 0 Å². The average Bonchev–Trinajstić information content (AvgIpc) is 3.02. The van der Waals surface area contributed by atoms with E-state index in [9.17, 15) is 10.0 Å². The summed E-state index contributed by atoms with van der Waals surface area (Å²) >= 11 is 0. The molecule has 0 radical (unpaired) electrons. The van der Waals surface area contributed by atoms with E-state index in [1.165, 1.54) is 0 Å². The number of hydrogen-bond acceptors (Lipinski definition) is 3. The number of hydroxylamine groups is 2. The Labute approximate surface area is 169 Å². The van der Waals surface area contributed by atoms with E-state index < -0.39 is 12.2 Å². The minimum absolute atomic E-state index is 0.275. The summed E-state index contributed by atoms with van der Waals surface area (Å²) in [6.45, 7) is 0. The van der Waals surface area contributed by atoms with Gasteiger partial charge in [0.05, 0.1) is 6.04 Å². The Kier molecular flexibility index (Phi) is 4.51. The number of nitrogens with one attached hydrogen (secondary N) is 1. The van der Waals surface area contributed by atoms with Gasteiger partial charge in [0.1, 0.15) is 6.17 Å². The maximum absolute atomic E-state index is 12.7. The third kappa shape index (κ3) is 3.27. The molecular weight excluding hydrogens is 360 g/mol. The Balaban J connectivity index is 1.39. The quantitative estimate of drug-likeness (QED) is 0.518. The summed E-state index contributed by atoms with van der Waals surface area (Å²) in [5.41, 5.74) is 2.21. The van der Waals surface area contributed by atoms with Gasteiger partial charge in [-0.05, 0) is 39.1 Å². The molecule has 1 fully saturated rings. The molecule has 1 aliphatic rings. The highest BCUT2D eigenvalue weighted by atomic mass is 16.5. The normalized spacial score (nSPS) is 19.3. The molecule has 1 amide bonds. The Bertz CT molecular complexity index is 1190. The molecule has 0 bridgehead atoms. The van der Waals surface area contributed by atoms with E-state index in [1.54, 1.807) is 0 Å². The molecule has 1 heterocycles. The average molecular weight is 382 g/mol. The summed E-state index contributed by atoms with van der Waals surface area (Å²) in [6.07, 6.45) is 0.659. The van der Waals surface area contributed by atoms with E-state index in [0.717, 1.165) is 37.7 Å². The standard InChI is InChI=1S/C25H22N2O2/c28-25-23(15-19-11-5-9-17-7-1-3-13-21(17)19)26-24(27(25)29)16-20-12-6-10-18-8-2-4-14-22(18)20/h1-14,23-24,26,29H,15-16H2. The van der Waals surface area contributed by atoms with Gasteiger partial charge in [-0.3, -0.25) is 15.3 Å². The first-order chi connectivity index (χ1) is 14.2. The Morgan fingerprint density at radius 3 is 1.86 bits per heavy atom. The highest BCUT2D eigenvalue weighted by Gasteiger charge is 2.38. The third-order valence-corrected chi connectivity index (χ3v) is 5.81. The molecule has 2 N–H and O–H groups in total. The van der Waals surface area contributed by atoms with Gasteiger partial charge in [-0.1, -0.05) is 84.9 Å². The van der Waals surface area contributed by atoms with Gasteiger partial charge in [0.15, 0.2) is 0 Å². The van der Waals surface area contributed by atoms with Crippen LogP contribution in [0.5, 0.6) is 0 Å². The second-order valence-corrected chi connectivity index (χ2v) is 7.60. The predicted molar refractivity (Wildman–Crippen MR) is 115 cm³/mol. The number of benzene rings is 4. The van der Waals surface area contributed by atoms with E-state index in [2.05, 4.69) is 53.8 Å². The van der Waals surface area contributed by atoms with Gasteiger partial charge < -0.3 is 0 Å². The van der Waals surface area contributed by atoms with Crippen molar-refractivity contribution < 1.29 is 10.0 Å². The molecule has 0 saturated carbocycles. The molecule has 0 aliphatic carbocycles. The lowest BCUT2D eigenvalue weighted by Crippen LogP contribution is -2.37. The van der Waals surface area contributed by atoms with Crippen LogP contribution in [0.4, 0.5) is 0 Å². The number of rotatable bonds is 4. The highest BCUT2D eigenvalue weighted by Crippen LogP contribution is 2.25. The molecule has 29 heavy (non-hydrogen) atoms. The van der Waals surface area contributed by atoms with E-state index in [4.69, 9.17) is 0 Å². The molecule has 1 aliphatic heterocycles. The maximum atomic E-state index is 12.7. The lowest BCUT2D eigenvalue weighted by Gasteiger charge is -2.18. The minimum Gasteiger partial charge on any atom is -0.284 e. The first-order valence-corrected chi connectivity index (χ1v) is 9.92. The molecule has 0 aromatic heterocycles. The monoisotopic (exact) mass is 382 g/mol. The molecule has 4 aromatic carbocycles. The second-order valence-electron chi connectivity index (χ2n) is 7.60. The predicted octanol–water partition coefficient (Wildman–Crippen LogP) is 4.29. The number of carbonyl (C=O) groups is 1. The first-order valence-electron chi connectivity index (χ1n) is 9.92. The van der Waals surface area contributed by atoms with Gasteiger partial charge in [-0.2, -0.15) is 0 Å². The fraction of sp³-hybridized carbons (Fsp3) is 0.160. The van der Waals surface area contributed by atoms with E-state index in [0.29, 0.717) is 12.8 Å². The van der Waals surface area contributed by atoms with Crippen LogP contribution in [-0.4, -0.2) is 28.4 Å². The zero-order valence-corrected chi connectivity index (χ0v) is 16.0. The van der Waals surface area contributed by atoms with Crippen LogP contribution in [0.2, 0.25) is 0 Å². The Morgan fingerprint density at radius 2 is 1.24 bits per heavy atom. The number of amides is 1. The summed E-state index contributed by atoms with van der Waals surface area (Å²) in [7, 11) is 0. The molecular formula is C25H22N2O2. The van der Waals surface area contributed by atoms with E-state index in [1.807, 2.05) is 36.4 Å². The van der Waals surface area contributed by atoms with Crippen molar-refractivity contribution in [1.29, 1.82) is 0 Å². The zero-order chi connectivity index (χ0) is 19.8. The lowest BCUT2D eigenvalue weighted by molar-refractivity contribution is -0.166. The zero-order valence-electron chi connectivity index (χ0n) is 16.0. The van der Waals surface area contributed by atoms with Gasteiger partial charge in [-0.25, -0.2) is 5.06 Å². The topological polar surface area (TPSA) is 52.6 Å². The summed E-state index contributed by atoms with van der Waals surface area (Å²) in [5.74, 6) is -0.275. The van der Waals surface area contributed by atoms with Crippen molar-refractivity contribution in [3.63, 3.8) is 0 Å². The summed E-state index contributed by atoms with van der Waals surface area (Å²) in [5, 5.41) is 19.3. The van der Waals surface area contributed by atoms with Crippen LogP contribution in [0.1, 0.15) is 11.1 Å². The highest BCUT2D eigenvalue weighted by molar-refractivity contribution is 5.89. The van der Waals surface area contributed by atoms with Gasteiger partial charge in [0.2, 0.25) is 0 Å². The lowest BCUT2D eigenvalue weighted by atomic mass is 9.99. The van der Waals surface area contributed by atoms with Crippen molar-refractivity contribution in [2.24, 2.45) is 0 Å². The Hall–Kier alpha value is -3.21. The van der Waals surface area contributed by atoms with Gasteiger partial charge in [0.25, 0.3) is 5.91 Å². The molecule has 1 saturated heterocycles. The van der Waals surface area contributed by atoms with Crippen LogP contribution in [0.3, 0.4) is 0 Å². The van der Waals surface area contributed by atoms with Crippen LogP contribution in [0, 0.1) is 0 Å². The number of carbonyl (C=O) groups excluding carboxylic acids is 1. The van der Waals surface area contributed by atoms with Gasteiger partial charge in [0, 0.05) is 6.42 Å². The molecule has 4 aromatic rings. The fourth-order valence-corrected chi connectivity index (χ4v) is 4.35. The van der Waals surface area contributed by atoms with Crippen LogP contribution in [-0.2, 0) is 17.6 Å². The van der Waals surface area contributed by atoms with Crippen molar-refractivity contribution >= 4 is 27.5 Å². The van der Waals surface area contributed by atoms with Gasteiger partial charge >= 0.3 is 0 Å². The molecule has 4 nitrogen and oxygen atoms in total. The molecule has 5 rings (SSSR count). The van der Waals surface area contributed by atoms with E-state index >= 15 is 0 Å². The van der Waals surface area contributed by atoms with Crippen molar-refractivity contribution in [3.8, 4) is 0 Å². The van der Waals surface area contributed by atoms with Crippen molar-refractivity contribution in [2.45, 2.75) is 25.0 Å². The first kappa shape index (κ1) is 17.9. The van der Waals surface area contributed by atoms with E-state index in [-0.39, 0.29) is 5.91 Å². The van der Waals surface area contributed by atoms with Crippen LogP contribution >= 0.6 is 0 Å². The smallest absolute Gasteiger partial charge is 0.264 e. The molecule has 2 atom stereocenters. The fourth-order valence-electron chi connectivity index (χ4n) is 4.35. The van der Waals surface area contributed by atoms with Crippen LogP contribution < -0.4 is 5.32 Å². The number of nitrogens with zero attached hydrogens (tertiary/aromatic N) is 1. The summed E-state index contributed by atoms with van der Waals surface area (Å²) < 4.78 is 0. The Morgan fingerprint density at radius 1 is 0.724 bits per heavy atom. The molecule has 0 spiro atoms. The van der Waals surface area contributed by atoms with Crippen molar-refractivity contribution in [1.82, 2.24) is 10.4 Å². The largest absolute Gasteiger partial charge is 0.284 e. The van der Waals surface area contributed by atoms with Crippen LogP contribution in [0.25, 0.3) is 21.5 Å². The molecule has 144 valence electrons. The van der Waals surface area contributed by atoms with Crippen LogP contribution in [0.15, 0.2) is 84.9 Å². The second kappa shape index (κ2) is 7.32. The van der Waals surface area contributed by atoms with Crippen molar-refractivity contribution in [3.05, 3.63) is 96.1 Å². The van der Waals surface area contributed by atoms with Crippen molar-refractivity contribution in [2.75, 3.05) is 0 Å².